The highest BCUT2D eigenvalue weighted by Crippen LogP contribution is 2.21. The first-order valence-electron chi connectivity index (χ1n) is 9.07. The monoisotopic (exact) mass is 413 g/mol. The molecule has 1 heterocycles. The van der Waals surface area contributed by atoms with Crippen LogP contribution in [0.1, 0.15) is 31.4 Å². The fraction of sp³-hybridized carbons (Fsp3) is 0.474. The minimum atomic E-state index is -2.49. The number of hydrogen-bond donors (Lipinski definition) is 2. The maximum absolute atomic E-state index is 12.2. The van der Waals surface area contributed by atoms with Crippen LogP contribution >= 0.6 is 11.9 Å². The SMILES string of the molecule is C[C@@H](NSCC/C=C/CN1CCC(=O)NC1=O)c1cccc(OCC(F)F)c1. The van der Waals surface area contributed by atoms with Crippen molar-refractivity contribution in [1.82, 2.24) is 14.9 Å². The van der Waals surface area contributed by atoms with E-state index < -0.39 is 13.0 Å². The van der Waals surface area contributed by atoms with Gasteiger partial charge >= 0.3 is 6.03 Å². The summed E-state index contributed by atoms with van der Waals surface area (Å²) in [6, 6.07) is 6.82. The molecule has 1 fully saturated rings. The lowest BCUT2D eigenvalue weighted by atomic mass is 10.1. The molecule has 0 aliphatic carbocycles. The summed E-state index contributed by atoms with van der Waals surface area (Å²) >= 11 is 1.57. The van der Waals surface area contributed by atoms with E-state index in [0.29, 0.717) is 25.3 Å². The third-order valence-electron chi connectivity index (χ3n) is 4.02. The lowest BCUT2D eigenvalue weighted by molar-refractivity contribution is -0.121. The molecule has 1 aliphatic heterocycles. The average Bonchev–Trinajstić information content (AvgIpc) is 2.67. The van der Waals surface area contributed by atoms with Gasteiger partial charge in [0.05, 0.1) is 0 Å². The van der Waals surface area contributed by atoms with Crippen LogP contribution in [0.2, 0.25) is 0 Å². The molecule has 0 unspecified atom stereocenters. The largest absolute Gasteiger partial charge is 0.488 e. The lowest BCUT2D eigenvalue weighted by Gasteiger charge is -2.25. The highest BCUT2D eigenvalue weighted by molar-refractivity contribution is 7.97. The van der Waals surface area contributed by atoms with Gasteiger partial charge in [-0.1, -0.05) is 36.2 Å². The van der Waals surface area contributed by atoms with E-state index in [2.05, 4.69) is 10.0 Å². The van der Waals surface area contributed by atoms with E-state index in [9.17, 15) is 18.4 Å². The predicted molar refractivity (Wildman–Crippen MR) is 105 cm³/mol. The Morgan fingerprint density at radius 1 is 1.36 bits per heavy atom. The molecule has 0 aromatic heterocycles. The van der Waals surface area contributed by atoms with Crippen LogP contribution in [0.25, 0.3) is 0 Å². The second-order valence-corrected chi connectivity index (χ2v) is 7.20. The summed E-state index contributed by atoms with van der Waals surface area (Å²) in [6.45, 7) is 2.31. The molecule has 0 radical (unpaired) electrons. The average molecular weight is 413 g/mol. The predicted octanol–water partition coefficient (Wildman–Crippen LogP) is 3.52. The van der Waals surface area contributed by atoms with E-state index in [1.54, 1.807) is 35.0 Å². The van der Waals surface area contributed by atoms with Gasteiger partial charge in [0, 0.05) is 31.3 Å². The Balaban J connectivity index is 1.63. The van der Waals surface area contributed by atoms with Gasteiger partial charge in [-0.3, -0.25) is 14.8 Å². The van der Waals surface area contributed by atoms with Crippen LogP contribution in [0.3, 0.4) is 0 Å². The second-order valence-electron chi connectivity index (χ2n) is 6.27. The minimum absolute atomic E-state index is 0.0404. The van der Waals surface area contributed by atoms with Crippen molar-refractivity contribution >= 4 is 23.9 Å². The molecule has 6 nitrogen and oxygen atoms in total. The van der Waals surface area contributed by atoms with Crippen molar-refractivity contribution in [3.8, 4) is 5.75 Å². The first-order valence-corrected chi connectivity index (χ1v) is 10.1. The number of imide groups is 1. The van der Waals surface area contributed by atoms with Crippen LogP contribution < -0.4 is 14.8 Å². The second kappa shape index (κ2) is 11.7. The Morgan fingerprint density at radius 3 is 2.93 bits per heavy atom. The number of ether oxygens (including phenoxy) is 1. The highest BCUT2D eigenvalue weighted by atomic mass is 32.2. The van der Waals surface area contributed by atoms with Gasteiger partial charge < -0.3 is 9.64 Å². The molecule has 1 aliphatic rings. The zero-order valence-corrected chi connectivity index (χ0v) is 16.5. The molecule has 28 heavy (non-hydrogen) atoms. The summed E-state index contributed by atoms with van der Waals surface area (Å²) in [7, 11) is 0. The number of benzene rings is 1. The van der Waals surface area contributed by atoms with Gasteiger partial charge in [0.2, 0.25) is 5.91 Å². The zero-order valence-electron chi connectivity index (χ0n) is 15.7. The van der Waals surface area contributed by atoms with Crippen LogP contribution in [0, 0.1) is 0 Å². The summed E-state index contributed by atoms with van der Waals surface area (Å²) in [5.74, 6) is 1.04. The van der Waals surface area contributed by atoms with Gasteiger partial charge in [-0.15, -0.1) is 0 Å². The molecule has 1 saturated heterocycles. The molecule has 0 spiro atoms. The smallest absolute Gasteiger partial charge is 0.324 e. The van der Waals surface area contributed by atoms with Crippen LogP contribution in [0.5, 0.6) is 5.75 Å². The first-order chi connectivity index (χ1) is 13.5. The maximum atomic E-state index is 12.2. The van der Waals surface area contributed by atoms with Crippen LogP contribution in [-0.2, 0) is 4.79 Å². The molecular formula is C19H25F2N3O3S. The van der Waals surface area contributed by atoms with Gasteiger partial charge in [0.1, 0.15) is 12.4 Å². The van der Waals surface area contributed by atoms with E-state index in [0.717, 1.165) is 17.7 Å². The number of rotatable bonds is 11. The number of halogens is 2. The maximum Gasteiger partial charge on any atom is 0.324 e. The van der Waals surface area contributed by atoms with Gasteiger partial charge in [-0.2, -0.15) is 0 Å². The minimum Gasteiger partial charge on any atom is -0.488 e. The molecule has 0 saturated carbocycles. The van der Waals surface area contributed by atoms with Gasteiger partial charge in [-0.25, -0.2) is 13.6 Å². The third kappa shape index (κ3) is 7.85. The number of amides is 3. The van der Waals surface area contributed by atoms with Crippen molar-refractivity contribution in [2.45, 2.75) is 32.2 Å². The van der Waals surface area contributed by atoms with Gasteiger partial charge in [0.15, 0.2) is 0 Å². The van der Waals surface area contributed by atoms with E-state index in [1.165, 1.54) is 0 Å². The van der Waals surface area contributed by atoms with Crippen LogP contribution in [0.15, 0.2) is 36.4 Å². The number of alkyl halides is 2. The van der Waals surface area contributed by atoms with Crippen molar-refractivity contribution in [2.24, 2.45) is 0 Å². The van der Waals surface area contributed by atoms with E-state index in [1.807, 2.05) is 25.1 Å². The van der Waals surface area contributed by atoms with Crippen LogP contribution in [-0.4, -0.2) is 48.7 Å². The molecule has 1 aromatic carbocycles. The van der Waals surface area contributed by atoms with Crippen molar-refractivity contribution in [3.05, 3.63) is 42.0 Å². The summed E-state index contributed by atoms with van der Waals surface area (Å²) in [5.41, 5.74) is 0.959. The topological polar surface area (TPSA) is 70.7 Å². The van der Waals surface area contributed by atoms with Crippen molar-refractivity contribution < 1.29 is 23.1 Å². The van der Waals surface area contributed by atoms with E-state index >= 15 is 0 Å². The number of carbonyl (C=O) groups is 2. The van der Waals surface area contributed by atoms with E-state index in [-0.39, 0.29) is 18.0 Å². The molecule has 0 bridgehead atoms. The normalized spacial score (nSPS) is 15.9. The fourth-order valence-corrected chi connectivity index (χ4v) is 3.26. The van der Waals surface area contributed by atoms with Crippen molar-refractivity contribution in [2.75, 3.05) is 25.4 Å². The summed E-state index contributed by atoms with van der Waals surface area (Å²) in [4.78, 5) is 24.2. The molecule has 9 heteroatoms. The van der Waals surface area contributed by atoms with Crippen LogP contribution in [0.4, 0.5) is 13.6 Å². The number of carbonyl (C=O) groups excluding carboxylic acids is 2. The number of hydrogen-bond acceptors (Lipinski definition) is 5. The molecule has 3 amide bonds. The Hall–Kier alpha value is -2.13. The summed E-state index contributed by atoms with van der Waals surface area (Å²) < 4.78 is 32.8. The summed E-state index contributed by atoms with van der Waals surface area (Å²) in [5, 5.41) is 2.29. The Labute approximate surface area is 167 Å². The Kier molecular flexibility index (Phi) is 9.22. The highest BCUT2D eigenvalue weighted by Gasteiger charge is 2.21. The molecule has 2 rings (SSSR count). The quantitative estimate of drug-likeness (QED) is 0.330. The molecule has 154 valence electrons. The molecule has 1 atom stereocenters. The first kappa shape index (κ1) is 22.2. The molecule has 1 aromatic rings. The molecule has 2 N–H and O–H groups in total. The number of allylic oxidation sites excluding steroid dienone is 1. The number of urea groups is 1. The summed E-state index contributed by atoms with van der Waals surface area (Å²) in [6.07, 6.45) is 2.60. The van der Waals surface area contributed by atoms with E-state index in [4.69, 9.17) is 4.74 Å². The number of nitrogens with zero attached hydrogens (tertiary/aromatic N) is 1. The number of nitrogens with one attached hydrogen (secondary N) is 2. The van der Waals surface area contributed by atoms with Gasteiger partial charge in [-0.05, 0) is 31.0 Å². The Morgan fingerprint density at radius 2 is 2.18 bits per heavy atom. The third-order valence-corrected chi connectivity index (χ3v) is 4.98. The zero-order chi connectivity index (χ0) is 20.4. The van der Waals surface area contributed by atoms with Gasteiger partial charge in [0.25, 0.3) is 6.43 Å². The Bertz CT molecular complexity index is 688. The molecular weight excluding hydrogens is 388 g/mol. The fourth-order valence-electron chi connectivity index (χ4n) is 2.50. The van der Waals surface area contributed by atoms with Crippen molar-refractivity contribution in [3.63, 3.8) is 0 Å². The van der Waals surface area contributed by atoms with Crippen molar-refractivity contribution in [1.29, 1.82) is 0 Å². The standard InChI is InChI=1S/C19H25F2N3O3S/c1-14(15-6-5-7-16(12-15)27-13-17(20)21)23-28-11-4-2-3-9-24-10-8-18(25)22-19(24)26/h2-3,5-7,12,14,17,23H,4,8-11,13H2,1H3,(H,22,25,26)/b3-2+/t14-/m1/s1. The lowest BCUT2D eigenvalue weighted by Crippen LogP contribution is -2.49.